The van der Waals surface area contributed by atoms with Gasteiger partial charge in [-0.05, 0) is 42.2 Å². The van der Waals surface area contributed by atoms with Crippen LogP contribution in [0, 0.1) is 5.92 Å². The highest BCUT2D eigenvalue weighted by atomic mass is 127. The second kappa shape index (κ2) is 11.0. The Labute approximate surface area is 184 Å². The lowest BCUT2D eigenvalue weighted by Gasteiger charge is -2.18. The van der Waals surface area contributed by atoms with Crippen LogP contribution >= 0.6 is 24.0 Å². The largest absolute Gasteiger partial charge is 0.493 e. The summed E-state index contributed by atoms with van der Waals surface area (Å²) < 4.78 is 10.6. The quantitative estimate of drug-likeness (QED) is 0.350. The van der Waals surface area contributed by atoms with Crippen molar-refractivity contribution in [1.29, 1.82) is 0 Å². The predicted octanol–water partition coefficient (Wildman–Crippen LogP) is 3.25. The lowest BCUT2D eigenvalue weighted by Crippen LogP contribution is -2.36. The third-order valence-electron chi connectivity index (χ3n) is 4.86. The minimum absolute atomic E-state index is 0. The maximum absolute atomic E-state index is 6.04. The van der Waals surface area contributed by atoms with Crippen LogP contribution in [0.1, 0.15) is 12.0 Å². The zero-order valence-electron chi connectivity index (χ0n) is 16.4. The number of anilines is 1. The number of benzene rings is 2. The fourth-order valence-electron chi connectivity index (χ4n) is 3.33. The van der Waals surface area contributed by atoms with E-state index in [4.69, 9.17) is 15.2 Å². The number of nitrogens with two attached hydrogens (primary N) is 1. The molecular weight excluding hydrogens is 467 g/mol. The van der Waals surface area contributed by atoms with Crippen molar-refractivity contribution in [2.24, 2.45) is 16.6 Å². The molecule has 1 atom stereocenters. The molecule has 1 saturated heterocycles. The molecule has 3 rings (SSSR count). The number of halogens is 1. The van der Waals surface area contributed by atoms with Crippen molar-refractivity contribution in [3.05, 3.63) is 54.1 Å². The molecule has 1 aliphatic heterocycles. The van der Waals surface area contributed by atoms with E-state index in [9.17, 15) is 0 Å². The molecule has 2 aromatic carbocycles. The normalized spacial score (nSPS) is 16.4. The number of para-hydroxylation sites is 1. The van der Waals surface area contributed by atoms with E-state index in [2.05, 4.69) is 39.5 Å². The number of rotatable bonds is 7. The van der Waals surface area contributed by atoms with Crippen molar-refractivity contribution in [3.63, 3.8) is 0 Å². The molecule has 152 valence electrons. The third-order valence-corrected chi connectivity index (χ3v) is 4.86. The Kier molecular flexibility index (Phi) is 8.69. The molecule has 0 bridgehead atoms. The van der Waals surface area contributed by atoms with E-state index in [0.29, 0.717) is 29.9 Å². The first-order valence-corrected chi connectivity index (χ1v) is 9.24. The van der Waals surface area contributed by atoms with Crippen LogP contribution in [0.25, 0.3) is 0 Å². The van der Waals surface area contributed by atoms with Gasteiger partial charge in [-0.1, -0.05) is 24.3 Å². The van der Waals surface area contributed by atoms with E-state index in [1.54, 1.807) is 14.2 Å². The number of hydrogen-bond donors (Lipinski definition) is 2. The average molecular weight is 496 g/mol. The van der Waals surface area contributed by atoms with Crippen molar-refractivity contribution in [2.75, 3.05) is 38.8 Å². The SMILES string of the molecule is COc1ccc(CN=C(N)NCC2CCN(c3ccccc3)C2)cc1OC.I. The average Bonchev–Trinajstić information content (AvgIpc) is 3.20. The van der Waals surface area contributed by atoms with Crippen LogP contribution in [0.2, 0.25) is 0 Å². The summed E-state index contributed by atoms with van der Waals surface area (Å²) in [5, 5.41) is 3.26. The Morgan fingerprint density at radius 1 is 1.14 bits per heavy atom. The van der Waals surface area contributed by atoms with Gasteiger partial charge >= 0.3 is 0 Å². The highest BCUT2D eigenvalue weighted by Crippen LogP contribution is 2.27. The van der Waals surface area contributed by atoms with Crippen LogP contribution in [0.4, 0.5) is 5.69 Å². The molecule has 7 heteroatoms. The molecule has 1 unspecified atom stereocenters. The zero-order valence-corrected chi connectivity index (χ0v) is 18.8. The van der Waals surface area contributed by atoms with E-state index in [1.165, 1.54) is 5.69 Å². The Balaban J connectivity index is 0.00000280. The van der Waals surface area contributed by atoms with E-state index in [-0.39, 0.29) is 24.0 Å². The van der Waals surface area contributed by atoms with Crippen molar-refractivity contribution in [1.82, 2.24) is 5.32 Å². The zero-order chi connectivity index (χ0) is 19.1. The van der Waals surface area contributed by atoms with E-state index < -0.39 is 0 Å². The smallest absolute Gasteiger partial charge is 0.188 e. The Morgan fingerprint density at radius 3 is 2.61 bits per heavy atom. The van der Waals surface area contributed by atoms with Gasteiger partial charge in [0.2, 0.25) is 0 Å². The molecule has 0 radical (unpaired) electrons. The van der Waals surface area contributed by atoms with Gasteiger partial charge in [0.15, 0.2) is 17.5 Å². The molecule has 0 amide bonds. The monoisotopic (exact) mass is 496 g/mol. The Hall–Kier alpha value is -2.16. The molecule has 1 heterocycles. The minimum atomic E-state index is 0. The number of nitrogens with zero attached hydrogens (tertiary/aromatic N) is 2. The van der Waals surface area contributed by atoms with Crippen LogP contribution in [-0.4, -0.2) is 39.8 Å². The number of ether oxygens (including phenoxy) is 2. The van der Waals surface area contributed by atoms with Gasteiger partial charge in [-0.15, -0.1) is 24.0 Å². The van der Waals surface area contributed by atoms with E-state index in [0.717, 1.165) is 31.6 Å². The molecule has 28 heavy (non-hydrogen) atoms. The molecule has 1 aliphatic rings. The predicted molar refractivity (Wildman–Crippen MR) is 125 cm³/mol. The first kappa shape index (κ1) is 22.1. The lowest BCUT2D eigenvalue weighted by atomic mass is 10.1. The van der Waals surface area contributed by atoms with Gasteiger partial charge < -0.3 is 25.4 Å². The first-order valence-electron chi connectivity index (χ1n) is 9.24. The van der Waals surface area contributed by atoms with Gasteiger partial charge in [0.05, 0.1) is 20.8 Å². The summed E-state index contributed by atoms with van der Waals surface area (Å²) in [6.45, 7) is 3.46. The third kappa shape index (κ3) is 5.92. The highest BCUT2D eigenvalue weighted by Gasteiger charge is 2.22. The first-order chi connectivity index (χ1) is 13.2. The summed E-state index contributed by atoms with van der Waals surface area (Å²) in [5.74, 6) is 2.45. The maximum Gasteiger partial charge on any atom is 0.188 e. The fourth-order valence-corrected chi connectivity index (χ4v) is 3.33. The van der Waals surface area contributed by atoms with Gasteiger partial charge in [-0.25, -0.2) is 4.99 Å². The second-order valence-electron chi connectivity index (χ2n) is 6.71. The van der Waals surface area contributed by atoms with Crippen molar-refractivity contribution in [3.8, 4) is 11.5 Å². The Bertz CT molecular complexity index is 770. The highest BCUT2D eigenvalue weighted by molar-refractivity contribution is 14.0. The summed E-state index contributed by atoms with van der Waals surface area (Å²) in [7, 11) is 3.25. The summed E-state index contributed by atoms with van der Waals surface area (Å²) >= 11 is 0. The number of hydrogen-bond acceptors (Lipinski definition) is 4. The molecule has 0 aliphatic carbocycles. The van der Waals surface area contributed by atoms with Crippen LogP contribution in [-0.2, 0) is 6.54 Å². The van der Waals surface area contributed by atoms with Gasteiger partial charge in [-0.3, -0.25) is 0 Å². The van der Waals surface area contributed by atoms with Gasteiger partial charge in [-0.2, -0.15) is 0 Å². The van der Waals surface area contributed by atoms with Gasteiger partial charge in [0.1, 0.15) is 0 Å². The summed E-state index contributed by atoms with van der Waals surface area (Å²) in [5.41, 5.74) is 8.35. The summed E-state index contributed by atoms with van der Waals surface area (Å²) in [4.78, 5) is 6.86. The molecule has 1 fully saturated rings. The standard InChI is InChI=1S/C21H28N4O2.HI/c1-26-19-9-8-16(12-20(19)27-2)13-23-21(22)24-14-17-10-11-25(15-17)18-6-4-3-5-7-18;/h3-9,12,17H,10-11,13-15H2,1-2H3,(H3,22,23,24);1H. The molecular formula is C21H29IN4O2. The lowest BCUT2D eigenvalue weighted by molar-refractivity contribution is 0.354. The minimum Gasteiger partial charge on any atom is -0.493 e. The number of nitrogens with one attached hydrogen (secondary N) is 1. The number of aliphatic imine (C=N–C) groups is 1. The molecule has 3 N–H and O–H groups in total. The maximum atomic E-state index is 6.04. The second-order valence-corrected chi connectivity index (χ2v) is 6.71. The fraction of sp³-hybridized carbons (Fsp3) is 0.381. The van der Waals surface area contributed by atoms with Crippen LogP contribution in [0.5, 0.6) is 11.5 Å². The summed E-state index contributed by atoms with van der Waals surface area (Å²) in [6.07, 6.45) is 1.16. The van der Waals surface area contributed by atoms with Crippen molar-refractivity contribution >= 4 is 35.6 Å². The van der Waals surface area contributed by atoms with Gasteiger partial charge in [0, 0.05) is 25.3 Å². The molecule has 0 aromatic heterocycles. The topological polar surface area (TPSA) is 72.1 Å². The molecule has 0 spiro atoms. The molecule has 6 nitrogen and oxygen atoms in total. The summed E-state index contributed by atoms with van der Waals surface area (Å²) in [6, 6.07) is 16.3. The molecule has 0 saturated carbocycles. The number of methoxy groups -OCH3 is 2. The Morgan fingerprint density at radius 2 is 1.89 bits per heavy atom. The van der Waals surface area contributed by atoms with Crippen LogP contribution in [0.15, 0.2) is 53.5 Å². The number of guanidine groups is 1. The van der Waals surface area contributed by atoms with E-state index >= 15 is 0 Å². The van der Waals surface area contributed by atoms with Crippen LogP contribution < -0.4 is 25.4 Å². The van der Waals surface area contributed by atoms with E-state index in [1.807, 2.05) is 24.3 Å². The van der Waals surface area contributed by atoms with Crippen molar-refractivity contribution in [2.45, 2.75) is 13.0 Å². The molecule has 2 aromatic rings. The van der Waals surface area contributed by atoms with Crippen LogP contribution in [0.3, 0.4) is 0 Å². The van der Waals surface area contributed by atoms with Crippen molar-refractivity contribution < 1.29 is 9.47 Å². The van der Waals surface area contributed by atoms with Gasteiger partial charge in [0.25, 0.3) is 0 Å².